The van der Waals surface area contributed by atoms with Gasteiger partial charge in [-0.1, -0.05) is 31.9 Å². The molecule has 0 aliphatic heterocycles. The average Bonchev–Trinajstić information content (AvgIpc) is 2.64. The summed E-state index contributed by atoms with van der Waals surface area (Å²) in [6.45, 7) is 2.06. The number of benzene rings is 2. The first-order valence-corrected chi connectivity index (χ1v) is 8.99. The molecule has 0 saturated heterocycles. The van der Waals surface area contributed by atoms with Crippen molar-refractivity contribution in [2.24, 2.45) is 0 Å². The second kappa shape index (κ2) is 10.2. The minimum Gasteiger partial charge on any atom is -0.459 e. The lowest BCUT2D eigenvalue weighted by atomic mass is 10.1. The van der Waals surface area contributed by atoms with Crippen LogP contribution in [0.15, 0.2) is 48.7 Å². The minimum absolute atomic E-state index is 0.267. The Bertz CT molecular complexity index is 795. The summed E-state index contributed by atoms with van der Waals surface area (Å²) in [5.74, 6) is -4.53. The third kappa shape index (κ3) is 6.73. The number of halogens is 6. The van der Waals surface area contributed by atoms with Crippen molar-refractivity contribution in [2.45, 2.75) is 45.1 Å². The van der Waals surface area contributed by atoms with Crippen LogP contribution in [-0.2, 0) is 12.5 Å². The highest BCUT2D eigenvalue weighted by atomic mass is 19.3. The van der Waals surface area contributed by atoms with Gasteiger partial charge in [0.2, 0.25) is 0 Å². The van der Waals surface area contributed by atoms with E-state index in [0.29, 0.717) is 18.4 Å². The van der Waals surface area contributed by atoms with Gasteiger partial charge in [-0.15, -0.1) is 0 Å². The van der Waals surface area contributed by atoms with E-state index in [0.717, 1.165) is 31.2 Å². The Morgan fingerprint density at radius 2 is 1.62 bits per heavy atom. The molecule has 0 spiro atoms. The highest BCUT2D eigenvalue weighted by Gasteiger charge is 2.35. The summed E-state index contributed by atoms with van der Waals surface area (Å²) in [6, 6.07) is 6.47. The number of ether oxygens (including phenoxy) is 2. The van der Waals surface area contributed by atoms with E-state index < -0.39 is 41.2 Å². The standard InChI is InChI=1S/C21H20F6O2/c1-2-3-4-5-14-6-8-15(9-7-14)21(26,27)29-16-12-17(22)20(18(23)13-16)28-11-10-19(24)25/h6-13,19H,2-5H2,1H3. The van der Waals surface area contributed by atoms with E-state index in [1.54, 1.807) is 12.1 Å². The van der Waals surface area contributed by atoms with Gasteiger partial charge in [0.25, 0.3) is 6.43 Å². The molecule has 0 atom stereocenters. The number of unbranched alkanes of at least 4 members (excludes halogenated alkanes) is 2. The van der Waals surface area contributed by atoms with Crippen molar-refractivity contribution in [1.29, 1.82) is 0 Å². The molecule has 2 aromatic rings. The fourth-order valence-corrected chi connectivity index (χ4v) is 2.53. The highest BCUT2D eigenvalue weighted by Crippen LogP contribution is 2.35. The van der Waals surface area contributed by atoms with E-state index in [2.05, 4.69) is 16.4 Å². The second-order valence-electron chi connectivity index (χ2n) is 6.27. The number of rotatable bonds is 10. The van der Waals surface area contributed by atoms with E-state index >= 15 is 0 Å². The van der Waals surface area contributed by atoms with Crippen LogP contribution in [0.25, 0.3) is 0 Å². The van der Waals surface area contributed by atoms with Gasteiger partial charge in [-0.25, -0.2) is 17.6 Å². The number of aryl methyl sites for hydroxylation is 1. The average molecular weight is 418 g/mol. The fraction of sp³-hybridized carbons (Fsp3) is 0.333. The van der Waals surface area contributed by atoms with Crippen molar-refractivity contribution in [3.05, 3.63) is 71.5 Å². The molecular formula is C21H20F6O2. The third-order valence-corrected chi connectivity index (χ3v) is 3.99. The van der Waals surface area contributed by atoms with Crippen LogP contribution in [0.5, 0.6) is 11.5 Å². The molecule has 2 aromatic carbocycles. The maximum atomic E-state index is 14.3. The number of alkyl halides is 4. The Morgan fingerprint density at radius 1 is 1.00 bits per heavy atom. The number of hydrogen-bond donors (Lipinski definition) is 0. The first-order chi connectivity index (χ1) is 13.7. The SMILES string of the molecule is CCCCCc1ccc(C(F)(F)Oc2cc(F)c(OC=CC(F)F)c(F)c2)cc1. The van der Waals surface area contributed by atoms with Gasteiger partial charge in [0.05, 0.1) is 11.8 Å². The second-order valence-corrected chi connectivity index (χ2v) is 6.27. The lowest BCUT2D eigenvalue weighted by Gasteiger charge is -2.19. The largest absolute Gasteiger partial charge is 0.459 e. The Morgan fingerprint density at radius 3 is 2.17 bits per heavy atom. The zero-order chi connectivity index (χ0) is 21.4. The van der Waals surface area contributed by atoms with Gasteiger partial charge in [0.1, 0.15) is 5.75 Å². The number of allylic oxidation sites excluding steroid dienone is 1. The van der Waals surface area contributed by atoms with E-state index in [9.17, 15) is 26.3 Å². The molecule has 158 valence electrons. The maximum absolute atomic E-state index is 14.3. The Kier molecular flexibility index (Phi) is 7.99. The van der Waals surface area contributed by atoms with Crippen molar-refractivity contribution in [2.75, 3.05) is 0 Å². The molecule has 0 radical (unpaired) electrons. The molecule has 2 nitrogen and oxygen atoms in total. The monoisotopic (exact) mass is 418 g/mol. The summed E-state index contributed by atoms with van der Waals surface area (Å²) < 4.78 is 89.4. The Labute approximate surface area is 164 Å². The Balaban J connectivity index is 2.11. The van der Waals surface area contributed by atoms with Gasteiger partial charge in [0.15, 0.2) is 17.4 Å². The van der Waals surface area contributed by atoms with E-state index in [4.69, 9.17) is 0 Å². The smallest absolute Gasteiger partial charge is 0.426 e. The summed E-state index contributed by atoms with van der Waals surface area (Å²) in [5.41, 5.74) is 0.422. The molecule has 0 heterocycles. The van der Waals surface area contributed by atoms with Crippen LogP contribution in [0, 0.1) is 11.6 Å². The summed E-state index contributed by atoms with van der Waals surface area (Å²) in [4.78, 5) is 0. The van der Waals surface area contributed by atoms with Gasteiger partial charge < -0.3 is 9.47 Å². The van der Waals surface area contributed by atoms with Crippen molar-refractivity contribution in [1.82, 2.24) is 0 Å². The molecule has 0 amide bonds. The van der Waals surface area contributed by atoms with Crippen LogP contribution < -0.4 is 9.47 Å². The zero-order valence-electron chi connectivity index (χ0n) is 15.6. The molecular weight excluding hydrogens is 398 g/mol. The highest BCUT2D eigenvalue weighted by molar-refractivity contribution is 5.36. The summed E-state index contributed by atoms with van der Waals surface area (Å²) in [6.07, 6.45) is -2.24. The third-order valence-electron chi connectivity index (χ3n) is 3.99. The molecule has 0 aliphatic rings. The van der Waals surface area contributed by atoms with E-state index in [-0.39, 0.29) is 6.08 Å². The molecule has 0 saturated carbocycles. The van der Waals surface area contributed by atoms with Gasteiger partial charge >= 0.3 is 6.11 Å². The van der Waals surface area contributed by atoms with E-state index in [1.165, 1.54) is 12.1 Å². The lowest BCUT2D eigenvalue weighted by molar-refractivity contribution is -0.185. The molecule has 0 fully saturated rings. The van der Waals surface area contributed by atoms with Crippen LogP contribution in [0.2, 0.25) is 0 Å². The molecule has 29 heavy (non-hydrogen) atoms. The van der Waals surface area contributed by atoms with Crippen LogP contribution in [0.3, 0.4) is 0 Å². The van der Waals surface area contributed by atoms with Gasteiger partial charge in [-0.3, -0.25) is 0 Å². The van der Waals surface area contributed by atoms with Crippen LogP contribution in [0.1, 0.15) is 37.3 Å². The summed E-state index contributed by atoms with van der Waals surface area (Å²) in [7, 11) is 0. The minimum atomic E-state index is -3.83. The maximum Gasteiger partial charge on any atom is 0.426 e. The molecule has 0 N–H and O–H groups in total. The topological polar surface area (TPSA) is 18.5 Å². The van der Waals surface area contributed by atoms with Crippen LogP contribution >= 0.6 is 0 Å². The van der Waals surface area contributed by atoms with Gasteiger partial charge in [-0.2, -0.15) is 8.78 Å². The van der Waals surface area contributed by atoms with Crippen molar-refractivity contribution in [3.8, 4) is 11.5 Å². The Hall–Kier alpha value is -2.64. The first-order valence-electron chi connectivity index (χ1n) is 8.99. The molecule has 8 heteroatoms. The van der Waals surface area contributed by atoms with E-state index in [1.807, 2.05) is 0 Å². The molecule has 0 aromatic heterocycles. The van der Waals surface area contributed by atoms with Gasteiger partial charge in [-0.05, 0) is 30.5 Å². The normalized spacial score (nSPS) is 12.0. The van der Waals surface area contributed by atoms with Crippen molar-refractivity contribution >= 4 is 0 Å². The lowest BCUT2D eigenvalue weighted by Crippen LogP contribution is -2.22. The van der Waals surface area contributed by atoms with Crippen molar-refractivity contribution in [3.63, 3.8) is 0 Å². The summed E-state index contributed by atoms with van der Waals surface area (Å²) >= 11 is 0. The van der Waals surface area contributed by atoms with Gasteiger partial charge in [0, 0.05) is 18.2 Å². The fourth-order valence-electron chi connectivity index (χ4n) is 2.53. The summed E-state index contributed by atoms with van der Waals surface area (Å²) in [5, 5.41) is 0. The molecule has 0 aliphatic carbocycles. The van der Waals surface area contributed by atoms with Crippen molar-refractivity contribution < 1.29 is 35.8 Å². The van der Waals surface area contributed by atoms with Crippen LogP contribution in [-0.4, -0.2) is 6.43 Å². The zero-order valence-corrected chi connectivity index (χ0v) is 15.6. The predicted octanol–water partition coefficient (Wildman–Crippen LogP) is 6.98. The molecule has 2 rings (SSSR count). The number of hydrogen-bond acceptors (Lipinski definition) is 2. The predicted molar refractivity (Wildman–Crippen MR) is 96.3 cm³/mol. The molecule has 0 unspecified atom stereocenters. The quantitative estimate of drug-likeness (QED) is 0.235. The first kappa shape index (κ1) is 22.6. The van der Waals surface area contributed by atoms with Crippen LogP contribution in [0.4, 0.5) is 26.3 Å². The molecule has 0 bridgehead atoms.